The fraction of sp³-hybridized carbons (Fsp3) is 0.462. The SMILES string of the molecule is COCC(N)C(=O)NCC(O)c1cccc(OC)c1. The zero-order valence-corrected chi connectivity index (χ0v) is 11.1. The molecule has 0 spiro atoms. The second-order valence-corrected chi connectivity index (χ2v) is 4.10. The molecule has 4 N–H and O–H groups in total. The average molecular weight is 268 g/mol. The molecule has 0 aliphatic carbocycles. The molecule has 0 aliphatic heterocycles. The van der Waals surface area contributed by atoms with E-state index in [4.69, 9.17) is 15.2 Å². The van der Waals surface area contributed by atoms with Crippen LogP contribution in [0.1, 0.15) is 11.7 Å². The second-order valence-electron chi connectivity index (χ2n) is 4.10. The maximum Gasteiger partial charge on any atom is 0.239 e. The monoisotopic (exact) mass is 268 g/mol. The zero-order valence-electron chi connectivity index (χ0n) is 11.1. The molecule has 0 radical (unpaired) electrons. The molecule has 1 rings (SSSR count). The lowest BCUT2D eigenvalue weighted by molar-refractivity contribution is -0.123. The third-order valence-electron chi connectivity index (χ3n) is 2.63. The van der Waals surface area contributed by atoms with Crippen LogP contribution in [0, 0.1) is 0 Å². The van der Waals surface area contributed by atoms with Crippen LogP contribution in [-0.4, -0.2) is 44.4 Å². The number of nitrogens with two attached hydrogens (primary N) is 1. The quantitative estimate of drug-likeness (QED) is 0.637. The van der Waals surface area contributed by atoms with Crippen LogP contribution in [0.25, 0.3) is 0 Å². The van der Waals surface area contributed by atoms with Crippen molar-refractivity contribution in [3.05, 3.63) is 29.8 Å². The minimum Gasteiger partial charge on any atom is -0.497 e. The first-order chi connectivity index (χ1) is 9.08. The molecule has 0 bridgehead atoms. The van der Waals surface area contributed by atoms with Gasteiger partial charge in [0.15, 0.2) is 0 Å². The van der Waals surface area contributed by atoms with Crippen molar-refractivity contribution in [2.45, 2.75) is 12.1 Å². The Morgan fingerprint density at radius 2 is 2.21 bits per heavy atom. The molecule has 2 unspecified atom stereocenters. The van der Waals surface area contributed by atoms with E-state index in [1.165, 1.54) is 7.11 Å². The number of aliphatic hydroxyl groups excluding tert-OH is 1. The highest BCUT2D eigenvalue weighted by Gasteiger charge is 2.15. The summed E-state index contributed by atoms with van der Waals surface area (Å²) in [6.07, 6.45) is -0.811. The number of carbonyl (C=O) groups is 1. The summed E-state index contributed by atoms with van der Waals surface area (Å²) in [5.74, 6) is 0.294. The van der Waals surface area contributed by atoms with Crippen molar-refractivity contribution < 1.29 is 19.4 Å². The third kappa shape index (κ3) is 4.86. The highest BCUT2D eigenvalue weighted by Crippen LogP contribution is 2.18. The molecule has 1 aromatic carbocycles. The van der Waals surface area contributed by atoms with E-state index in [0.29, 0.717) is 11.3 Å². The summed E-state index contributed by atoms with van der Waals surface area (Å²) in [4.78, 5) is 11.5. The molecule has 19 heavy (non-hydrogen) atoms. The van der Waals surface area contributed by atoms with Crippen LogP contribution in [0.15, 0.2) is 24.3 Å². The van der Waals surface area contributed by atoms with Crippen LogP contribution >= 0.6 is 0 Å². The molecular weight excluding hydrogens is 248 g/mol. The summed E-state index contributed by atoms with van der Waals surface area (Å²) in [7, 11) is 3.02. The lowest BCUT2D eigenvalue weighted by atomic mass is 10.1. The topological polar surface area (TPSA) is 93.8 Å². The molecule has 0 aliphatic rings. The Morgan fingerprint density at radius 3 is 2.84 bits per heavy atom. The number of hydrogen-bond donors (Lipinski definition) is 3. The summed E-state index contributed by atoms with van der Waals surface area (Å²) < 4.78 is 9.85. The number of benzene rings is 1. The van der Waals surface area contributed by atoms with E-state index in [2.05, 4.69) is 5.32 Å². The Balaban J connectivity index is 2.50. The first-order valence-electron chi connectivity index (χ1n) is 5.92. The molecule has 6 nitrogen and oxygen atoms in total. The summed E-state index contributed by atoms with van der Waals surface area (Å²) in [5.41, 5.74) is 6.23. The number of methoxy groups -OCH3 is 2. The van der Waals surface area contributed by atoms with E-state index in [1.54, 1.807) is 31.4 Å². The van der Waals surface area contributed by atoms with Crippen molar-refractivity contribution in [1.29, 1.82) is 0 Å². The van der Waals surface area contributed by atoms with Crippen molar-refractivity contribution >= 4 is 5.91 Å². The summed E-state index contributed by atoms with van der Waals surface area (Å²) in [6.45, 7) is 0.227. The van der Waals surface area contributed by atoms with Gasteiger partial charge in [0.1, 0.15) is 11.8 Å². The molecule has 0 saturated heterocycles. The number of rotatable bonds is 7. The van der Waals surface area contributed by atoms with Gasteiger partial charge in [0.05, 0.1) is 19.8 Å². The van der Waals surface area contributed by atoms with Gasteiger partial charge in [0.2, 0.25) is 5.91 Å². The fourth-order valence-corrected chi connectivity index (χ4v) is 1.55. The predicted molar refractivity (Wildman–Crippen MR) is 70.8 cm³/mol. The van der Waals surface area contributed by atoms with E-state index >= 15 is 0 Å². The van der Waals surface area contributed by atoms with Crippen molar-refractivity contribution in [1.82, 2.24) is 5.32 Å². The molecule has 2 atom stereocenters. The Kier molecular flexibility index (Phi) is 6.27. The van der Waals surface area contributed by atoms with Crippen molar-refractivity contribution in [2.75, 3.05) is 27.4 Å². The van der Waals surface area contributed by atoms with Gasteiger partial charge >= 0.3 is 0 Å². The molecule has 0 saturated carbocycles. The van der Waals surface area contributed by atoms with Gasteiger partial charge in [-0.1, -0.05) is 12.1 Å². The van der Waals surface area contributed by atoms with E-state index in [1.807, 2.05) is 0 Å². The summed E-state index contributed by atoms with van der Waals surface area (Å²) >= 11 is 0. The Labute approximate surface area is 112 Å². The number of nitrogens with one attached hydrogen (secondary N) is 1. The smallest absolute Gasteiger partial charge is 0.239 e. The largest absolute Gasteiger partial charge is 0.497 e. The number of amides is 1. The van der Waals surface area contributed by atoms with Crippen LogP contribution in [0.4, 0.5) is 0 Å². The number of hydrogen-bond acceptors (Lipinski definition) is 5. The van der Waals surface area contributed by atoms with Crippen molar-refractivity contribution in [3.8, 4) is 5.75 Å². The minimum absolute atomic E-state index is 0.0867. The first-order valence-corrected chi connectivity index (χ1v) is 5.92. The number of aliphatic hydroxyl groups is 1. The first kappa shape index (κ1) is 15.4. The average Bonchev–Trinajstić information content (AvgIpc) is 2.44. The molecule has 0 heterocycles. The standard InChI is InChI=1S/C13H20N2O4/c1-18-8-11(14)13(17)15-7-12(16)9-4-3-5-10(6-9)19-2/h3-6,11-12,16H,7-8,14H2,1-2H3,(H,15,17). The lowest BCUT2D eigenvalue weighted by Gasteiger charge is -2.15. The van der Waals surface area contributed by atoms with Gasteiger partial charge in [0.25, 0.3) is 0 Å². The van der Waals surface area contributed by atoms with E-state index in [0.717, 1.165) is 0 Å². The van der Waals surface area contributed by atoms with Gasteiger partial charge in [0, 0.05) is 13.7 Å². The Morgan fingerprint density at radius 1 is 1.47 bits per heavy atom. The normalized spacial score (nSPS) is 13.7. The Bertz CT molecular complexity index is 411. The molecule has 6 heteroatoms. The van der Waals surface area contributed by atoms with E-state index in [-0.39, 0.29) is 19.1 Å². The minimum atomic E-state index is -0.811. The molecule has 1 amide bonds. The van der Waals surface area contributed by atoms with Crippen LogP contribution in [0.5, 0.6) is 5.75 Å². The maximum absolute atomic E-state index is 11.5. The second kappa shape index (κ2) is 7.73. The molecule has 106 valence electrons. The van der Waals surface area contributed by atoms with Crippen molar-refractivity contribution in [3.63, 3.8) is 0 Å². The van der Waals surface area contributed by atoms with Gasteiger partial charge in [-0.05, 0) is 17.7 Å². The van der Waals surface area contributed by atoms with Crippen LogP contribution in [0.3, 0.4) is 0 Å². The van der Waals surface area contributed by atoms with Gasteiger partial charge in [-0.2, -0.15) is 0 Å². The highest BCUT2D eigenvalue weighted by atomic mass is 16.5. The van der Waals surface area contributed by atoms with Gasteiger partial charge in [-0.25, -0.2) is 0 Å². The van der Waals surface area contributed by atoms with Gasteiger partial charge in [-0.15, -0.1) is 0 Å². The highest BCUT2D eigenvalue weighted by molar-refractivity contribution is 5.81. The van der Waals surface area contributed by atoms with Gasteiger partial charge in [-0.3, -0.25) is 4.79 Å². The van der Waals surface area contributed by atoms with Crippen molar-refractivity contribution in [2.24, 2.45) is 5.73 Å². The van der Waals surface area contributed by atoms with Crippen LogP contribution < -0.4 is 15.8 Å². The fourth-order valence-electron chi connectivity index (χ4n) is 1.55. The van der Waals surface area contributed by atoms with Crippen LogP contribution in [0.2, 0.25) is 0 Å². The van der Waals surface area contributed by atoms with E-state index in [9.17, 15) is 9.90 Å². The predicted octanol–water partition coefficient (Wildman–Crippen LogP) is -0.181. The number of carbonyl (C=O) groups excluding carboxylic acids is 1. The number of ether oxygens (including phenoxy) is 2. The lowest BCUT2D eigenvalue weighted by Crippen LogP contribution is -2.44. The summed E-state index contributed by atoms with van der Waals surface area (Å²) in [5, 5.41) is 12.5. The van der Waals surface area contributed by atoms with Gasteiger partial charge < -0.3 is 25.6 Å². The summed E-state index contributed by atoms with van der Waals surface area (Å²) in [6, 6.07) is 6.29. The molecule has 0 fully saturated rings. The Hall–Kier alpha value is -1.63. The van der Waals surface area contributed by atoms with Crippen LogP contribution in [-0.2, 0) is 9.53 Å². The maximum atomic E-state index is 11.5. The zero-order chi connectivity index (χ0) is 14.3. The third-order valence-corrected chi connectivity index (χ3v) is 2.63. The molecule has 0 aromatic heterocycles. The van der Waals surface area contributed by atoms with E-state index < -0.39 is 12.1 Å². The molecule has 1 aromatic rings. The molecular formula is C13H20N2O4.